The van der Waals surface area contributed by atoms with Crippen LogP contribution in [0.3, 0.4) is 0 Å². The highest BCUT2D eigenvalue weighted by atomic mass is 16.7. The number of nitrogens with zero attached hydrogens (tertiary/aromatic N) is 1. The van der Waals surface area contributed by atoms with Gasteiger partial charge in [-0.25, -0.2) is 10.1 Å². The molecule has 0 spiro atoms. The van der Waals surface area contributed by atoms with E-state index in [9.17, 15) is 0 Å². The summed E-state index contributed by atoms with van der Waals surface area (Å²) in [5, 5.41) is 7.58. The van der Waals surface area contributed by atoms with E-state index in [1.165, 1.54) is 0 Å². The van der Waals surface area contributed by atoms with Crippen molar-refractivity contribution >= 4 is 0 Å². The minimum atomic E-state index is -1.00. The molecule has 0 amide bonds. The van der Waals surface area contributed by atoms with Gasteiger partial charge in [-0.2, -0.15) is 5.84 Å². The van der Waals surface area contributed by atoms with E-state index in [1.54, 1.807) is 0 Å². The lowest BCUT2D eigenvalue weighted by molar-refractivity contribution is -0.491. The number of hydrogen-bond donors (Lipinski definition) is 1. The van der Waals surface area contributed by atoms with E-state index in [0.29, 0.717) is 0 Å². The van der Waals surface area contributed by atoms with Gasteiger partial charge in [-0.3, -0.25) is 0 Å². The summed E-state index contributed by atoms with van der Waals surface area (Å²) in [6, 6.07) is 0. The van der Waals surface area contributed by atoms with Gasteiger partial charge in [0.25, 0.3) is 0 Å². The molecule has 4 nitrogen and oxygen atoms in total. The van der Waals surface area contributed by atoms with Crippen molar-refractivity contribution in [2.45, 2.75) is 0 Å². The Hall–Kier alpha value is -0.800. The zero-order valence-corrected chi connectivity index (χ0v) is 1.84. The molecule has 0 aromatic carbocycles. The summed E-state index contributed by atoms with van der Waals surface area (Å²) < 4.78 is 0. The monoisotopic (exact) mass is 63.0 g/mol. The Morgan fingerprint density at radius 3 is 2.00 bits per heavy atom. The molecule has 0 unspecified atom stereocenters. The van der Waals surface area contributed by atoms with Gasteiger partial charge in [0.15, 0.2) is 5.03 Å². The van der Waals surface area contributed by atoms with Crippen molar-refractivity contribution in [1.29, 1.82) is 0 Å². The standard InChI is InChI=1S/H2N2O2/c1-2(3)4/h1H2/i1+1. The van der Waals surface area contributed by atoms with Gasteiger partial charge < -0.3 is 0 Å². The molecular weight excluding hydrogens is 61.0 g/mol. The van der Waals surface area contributed by atoms with Crippen molar-refractivity contribution in [3.05, 3.63) is 10.1 Å². The molecule has 0 aliphatic rings. The minimum Gasteiger partial charge on any atom is -0.235 e. The predicted molar refractivity (Wildman–Crippen MR) is 11.2 cm³/mol. The Labute approximate surface area is 22.3 Å². The predicted octanol–water partition coefficient (Wildman–Crippen LogP) is -0.863. The number of nitro groups is 1. The van der Waals surface area contributed by atoms with E-state index >= 15 is 0 Å². The minimum absolute atomic E-state index is 1.00. The Bertz CT molecular complexity index is 27.0. The molecule has 0 heterocycles. The largest absolute Gasteiger partial charge is 0.235 e. The van der Waals surface area contributed by atoms with Gasteiger partial charge in [0.05, 0.1) is 0 Å². The smallest absolute Gasteiger partial charge is 0.154 e. The number of hydrazine groups is 1. The molecule has 0 aromatic rings. The van der Waals surface area contributed by atoms with Gasteiger partial charge in [-0.05, 0) is 0 Å². The summed E-state index contributed by atoms with van der Waals surface area (Å²) >= 11 is 0. The lowest BCUT2D eigenvalue weighted by atomic mass is 13.0. The maximum Gasteiger partial charge on any atom is 0.154 e. The van der Waals surface area contributed by atoms with Crippen LogP contribution < -0.4 is 5.84 Å². The Morgan fingerprint density at radius 1 is 2.00 bits per heavy atom. The van der Waals surface area contributed by atoms with Crippen molar-refractivity contribution in [2.75, 3.05) is 0 Å². The summed E-state index contributed by atoms with van der Waals surface area (Å²) in [6.45, 7) is 0. The number of rotatable bonds is 0. The van der Waals surface area contributed by atoms with Crippen LogP contribution in [0.4, 0.5) is 0 Å². The second kappa shape index (κ2) is 0.655. The van der Waals surface area contributed by atoms with Crippen molar-refractivity contribution < 1.29 is 5.03 Å². The quantitative estimate of drug-likeness (QED) is 0.172. The molecule has 0 rings (SSSR count). The molecule has 0 fully saturated rings. The number of hydrogen-bond acceptors (Lipinski definition) is 2. The average molecular weight is 63.0 g/mol. The molecule has 0 aliphatic carbocycles. The van der Waals surface area contributed by atoms with Crippen molar-refractivity contribution in [2.24, 2.45) is 5.84 Å². The van der Waals surface area contributed by atoms with Gasteiger partial charge in [0, 0.05) is 0 Å². The van der Waals surface area contributed by atoms with Crippen LogP contribution in [0.25, 0.3) is 0 Å². The van der Waals surface area contributed by atoms with Gasteiger partial charge in [0.2, 0.25) is 0 Å². The Kier molecular flexibility index (Phi) is 0.524. The van der Waals surface area contributed by atoms with E-state index in [-0.39, 0.29) is 0 Å². The summed E-state index contributed by atoms with van der Waals surface area (Å²) in [5.41, 5.74) is 0. The van der Waals surface area contributed by atoms with Crippen LogP contribution in [-0.4, -0.2) is 5.03 Å². The molecule has 4 heteroatoms. The maximum absolute atomic E-state index is 8.58. The lowest BCUT2D eigenvalue weighted by Crippen LogP contribution is -2.04. The molecule has 24 valence electrons. The summed E-state index contributed by atoms with van der Waals surface area (Å²) in [6.07, 6.45) is 0. The molecule has 0 bridgehead atoms. The van der Waals surface area contributed by atoms with E-state index < -0.39 is 5.03 Å². The third kappa shape index (κ3) is 0.0750. The van der Waals surface area contributed by atoms with Crippen molar-refractivity contribution in [3.63, 3.8) is 0 Å². The highest BCUT2D eigenvalue weighted by molar-refractivity contribution is 3.87. The lowest BCUT2D eigenvalue weighted by Gasteiger charge is -1.61. The molecule has 0 radical (unpaired) electrons. The van der Waals surface area contributed by atoms with Crippen LogP contribution >= 0.6 is 0 Å². The van der Waals surface area contributed by atoms with E-state index in [2.05, 4.69) is 5.84 Å². The first kappa shape index (κ1) is 3.20. The molecule has 0 saturated carbocycles. The fraction of sp³-hybridized carbons (Fsp3) is 0. The molecule has 4 heavy (non-hydrogen) atoms. The van der Waals surface area contributed by atoms with E-state index in [0.717, 1.165) is 0 Å². The molecular formula is H2N2O2. The Balaban J connectivity index is 2.80. The molecule has 0 aliphatic heterocycles. The third-order valence-corrected chi connectivity index (χ3v) is 0. The van der Waals surface area contributed by atoms with Crippen LogP contribution in [0, 0.1) is 10.1 Å². The summed E-state index contributed by atoms with van der Waals surface area (Å²) in [5.74, 6) is 3.83. The fourth-order valence-corrected chi connectivity index (χ4v) is 0. The second-order valence-corrected chi connectivity index (χ2v) is 0.285. The summed E-state index contributed by atoms with van der Waals surface area (Å²) in [4.78, 5) is 8.58. The SMILES string of the molecule is [15NH2][N+](=O)[O-]. The normalized spacial score (nSPS) is 6.00. The van der Waals surface area contributed by atoms with Gasteiger partial charge in [-0.1, -0.05) is 0 Å². The maximum atomic E-state index is 8.58. The molecule has 0 atom stereocenters. The van der Waals surface area contributed by atoms with Gasteiger partial charge in [0.1, 0.15) is 0 Å². The first-order valence-electron chi connectivity index (χ1n) is 0.623. The topological polar surface area (TPSA) is 69.2 Å². The molecule has 0 saturated heterocycles. The van der Waals surface area contributed by atoms with Crippen molar-refractivity contribution in [1.82, 2.24) is 0 Å². The van der Waals surface area contributed by atoms with Crippen LogP contribution in [0.2, 0.25) is 0 Å². The van der Waals surface area contributed by atoms with Crippen LogP contribution in [-0.2, 0) is 0 Å². The highest BCUT2D eigenvalue weighted by Gasteiger charge is 1.57. The zero-order chi connectivity index (χ0) is 3.58. The first-order chi connectivity index (χ1) is 1.73. The van der Waals surface area contributed by atoms with Gasteiger partial charge in [-0.15, -0.1) is 0 Å². The Morgan fingerprint density at radius 2 is 2.00 bits per heavy atom. The van der Waals surface area contributed by atoms with Crippen LogP contribution in [0.1, 0.15) is 0 Å². The first-order valence-corrected chi connectivity index (χ1v) is 0.623. The average Bonchev–Trinajstić information content (AvgIpc) is 0.811. The van der Waals surface area contributed by atoms with E-state index in [1.807, 2.05) is 0 Å². The van der Waals surface area contributed by atoms with Crippen LogP contribution in [0.15, 0.2) is 0 Å². The van der Waals surface area contributed by atoms with Crippen molar-refractivity contribution in [3.8, 4) is 0 Å². The fourth-order valence-electron chi connectivity index (χ4n) is 0. The third-order valence-electron chi connectivity index (χ3n) is 0. The van der Waals surface area contributed by atoms with Gasteiger partial charge >= 0.3 is 0 Å². The molecule has 0 aromatic heterocycles. The molecule has 2 N–H and O–H groups in total. The summed E-state index contributed by atoms with van der Waals surface area (Å²) in [7, 11) is 0. The van der Waals surface area contributed by atoms with Crippen LogP contribution in [0.5, 0.6) is 0 Å². The second-order valence-electron chi connectivity index (χ2n) is 0.285. The highest BCUT2D eigenvalue weighted by Crippen LogP contribution is 1.29. The number of nitrogens with two attached hydrogens (primary N) is 1. The zero-order valence-electron chi connectivity index (χ0n) is 1.84. The van der Waals surface area contributed by atoms with E-state index in [4.69, 9.17) is 10.1 Å².